The van der Waals surface area contributed by atoms with E-state index in [-0.39, 0.29) is 11.0 Å². The van der Waals surface area contributed by atoms with E-state index in [0.717, 1.165) is 12.1 Å². The topological polar surface area (TPSA) is 16.1 Å². The number of nitrogens with zero attached hydrogens (tertiary/aromatic N) is 2. The molecular weight excluding hydrogens is 701 g/mol. The number of benzene rings is 9. The molecular formula is C56H44N2. The first kappa shape index (κ1) is 33.6. The summed E-state index contributed by atoms with van der Waals surface area (Å²) in [6, 6.07) is 59.8. The number of hydrogen-bond donors (Lipinski definition) is 0. The van der Waals surface area contributed by atoms with E-state index in [4.69, 9.17) is 0 Å². The van der Waals surface area contributed by atoms with Crippen LogP contribution in [0.15, 0.2) is 164 Å². The molecule has 0 amide bonds. The molecule has 1 aliphatic carbocycles. The van der Waals surface area contributed by atoms with Crippen LogP contribution in [0.3, 0.4) is 0 Å². The number of anilines is 2. The van der Waals surface area contributed by atoms with Crippen molar-refractivity contribution >= 4 is 65.2 Å². The molecule has 0 saturated heterocycles. The molecule has 1 aliphatic heterocycles. The second kappa shape index (κ2) is 12.2. The summed E-state index contributed by atoms with van der Waals surface area (Å²) < 4.78 is 0. The quantitative estimate of drug-likeness (QED) is 0.167. The Morgan fingerprint density at radius 3 is 1.86 bits per heavy atom. The van der Waals surface area contributed by atoms with Crippen molar-refractivity contribution in [3.05, 3.63) is 175 Å². The Morgan fingerprint density at radius 1 is 0.483 bits per heavy atom. The highest BCUT2D eigenvalue weighted by Gasteiger charge is 2.57. The van der Waals surface area contributed by atoms with Crippen LogP contribution in [0.4, 0.5) is 11.4 Å². The summed E-state index contributed by atoms with van der Waals surface area (Å²) >= 11 is 0. The average molecular weight is 745 g/mol. The first-order valence-corrected chi connectivity index (χ1v) is 21.0. The van der Waals surface area contributed by atoms with Gasteiger partial charge in [0.15, 0.2) is 0 Å². The van der Waals surface area contributed by atoms with Crippen LogP contribution in [0.2, 0.25) is 0 Å². The minimum atomic E-state index is -0.0330. The normalized spacial score (nSPS) is 19.1. The molecule has 1 fully saturated rings. The molecule has 10 aromatic rings. The van der Waals surface area contributed by atoms with Gasteiger partial charge in [-0.25, -0.2) is 0 Å². The van der Waals surface area contributed by atoms with E-state index in [1.54, 1.807) is 0 Å². The van der Waals surface area contributed by atoms with E-state index in [9.17, 15) is 0 Å². The lowest BCUT2D eigenvalue weighted by atomic mass is 9.61. The number of fused-ring (bicyclic) bond motifs is 5. The number of aryl methyl sites for hydroxylation is 1. The molecule has 2 unspecified atom stereocenters. The summed E-state index contributed by atoms with van der Waals surface area (Å²) in [6.07, 6.45) is 6.82. The van der Waals surface area contributed by atoms with E-state index in [2.05, 4.69) is 188 Å². The van der Waals surface area contributed by atoms with Crippen molar-refractivity contribution in [2.75, 3.05) is 4.90 Å². The Morgan fingerprint density at radius 2 is 1.10 bits per heavy atom. The van der Waals surface area contributed by atoms with Crippen molar-refractivity contribution in [1.29, 1.82) is 0 Å². The highest BCUT2D eigenvalue weighted by atomic mass is 15.3. The molecule has 0 bridgehead atoms. The fraction of sp³-hybridized carbons (Fsp3) is 0.161. The maximum absolute atomic E-state index is 4.59. The van der Waals surface area contributed by atoms with E-state index in [1.165, 1.54) is 123 Å². The van der Waals surface area contributed by atoms with Gasteiger partial charge in [-0.2, -0.15) is 0 Å². The number of aromatic nitrogens is 1. The largest absolute Gasteiger partial charge is 0.334 e. The standard InChI is InChI=1S/C56H44N2/c1-35-32-40(28-31-57-35)58-52-27-22-39(33-51(52)55(2)29-8-9-30-56(55,58)3)49-34-50(44-19-11-15-37-13-5-7-17-42(37)44)48-24-21-38-20-23-45(46-25-26-47(49)54(48)53(38)46)43-18-10-14-36-12-4-6-16-41(36)43/h4-7,10-28,31-34H,8-9,29-30H2,1-3H3. The van der Waals surface area contributed by atoms with Gasteiger partial charge in [0.25, 0.3) is 0 Å². The molecule has 2 heterocycles. The zero-order valence-corrected chi connectivity index (χ0v) is 33.3. The molecule has 2 nitrogen and oxygen atoms in total. The minimum Gasteiger partial charge on any atom is -0.334 e. The SMILES string of the molecule is Cc1cc(N2c3ccc(-c4cc(-c5cccc6ccccc56)c5ccc6ccc(-c7cccc8ccccc78)c7ccc4c5c67)cc3C3(C)CCCCC23C)ccn1. The van der Waals surface area contributed by atoms with Crippen molar-refractivity contribution in [3.8, 4) is 33.4 Å². The van der Waals surface area contributed by atoms with Crippen molar-refractivity contribution in [2.45, 2.75) is 57.4 Å². The van der Waals surface area contributed by atoms with Crippen LogP contribution in [0.1, 0.15) is 50.8 Å². The molecule has 58 heavy (non-hydrogen) atoms. The highest BCUT2D eigenvalue weighted by molar-refractivity contribution is 6.31. The Hall–Kier alpha value is -6.51. The Labute approximate surface area is 339 Å². The van der Waals surface area contributed by atoms with Gasteiger partial charge in [-0.1, -0.05) is 147 Å². The lowest BCUT2D eigenvalue weighted by Gasteiger charge is -2.50. The van der Waals surface area contributed by atoms with Crippen molar-refractivity contribution in [1.82, 2.24) is 4.98 Å². The molecule has 1 saturated carbocycles. The lowest BCUT2D eigenvalue weighted by molar-refractivity contribution is 0.195. The van der Waals surface area contributed by atoms with Gasteiger partial charge < -0.3 is 4.90 Å². The second-order valence-electron chi connectivity index (χ2n) is 17.4. The molecule has 278 valence electrons. The summed E-state index contributed by atoms with van der Waals surface area (Å²) in [7, 11) is 0. The summed E-state index contributed by atoms with van der Waals surface area (Å²) in [5.74, 6) is 0. The van der Waals surface area contributed by atoms with Crippen molar-refractivity contribution < 1.29 is 0 Å². The molecule has 0 N–H and O–H groups in total. The third-order valence-electron chi connectivity index (χ3n) is 14.5. The smallest absolute Gasteiger partial charge is 0.0517 e. The number of hydrogen-bond acceptors (Lipinski definition) is 2. The van der Waals surface area contributed by atoms with Crippen LogP contribution in [-0.4, -0.2) is 10.5 Å². The van der Waals surface area contributed by atoms with Gasteiger partial charge in [0, 0.05) is 28.7 Å². The first-order chi connectivity index (χ1) is 28.4. The zero-order chi connectivity index (χ0) is 38.8. The average Bonchev–Trinajstić information content (AvgIpc) is 3.47. The van der Waals surface area contributed by atoms with Crippen LogP contribution in [-0.2, 0) is 5.41 Å². The van der Waals surface area contributed by atoms with Crippen molar-refractivity contribution in [3.63, 3.8) is 0 Å². The summed E-state index contributed by atoms with van der Waals surface area (Å²) in [5, 5.41) is 13.0. The van der Waals surface area contributed by atoms with Crippen molar-refractivity contribution in [2.24, 2.45) is 0 Å². The molecule has 2 heteroatoms. The maximum atomic E-state index is 4.59. The lowest BCUT2D eigenvalue weighted by Crippen LogP contribution is -2.54. The first-order valence-electron chi connectivity index (χ1n) is 21.0. The zero-order valence-electron chi connectivity index (χ0n) is 33.3. The molecule has 1 aromatic heterocycles. The minimum absolute atomic E-state index is 0.00335. The van der Waals surface area contributed by atoms with Gasteiger partial charge in [0.05, 0.1) is 5.54 Å². The summed E-state index contributed by atoms with van der Waals surface area (Å²) in [5.41, 5.74) is 12.8. The molecule has 0 radical (unpaired) electrons. The van der Waals surface area contributed by atoms with Crippen LogP contribution >= 0.6 is 0 Å². The summed E-state index contributed by atoms with van der Waals surface area (Å²) in [6.45, 7) is 7.17. The third-order valence-corrected chi connectivity index (χ3v) is 14.5. The van der Waals surface area contributed by atoms with Gasteiger partial charge in [-0.05, 0) is 150 Å². The predicted molar refractivity (Wildman–Crippen MR) is 247 cm³/mol. The summed E-state index contributed by atoms with van der Waals surface area (Å²) in [4.78, 5) is 7.26. The molecule has 12 rings (SSSR count). The van der Waals surface area contributed by atoms with E-state index >= 15 is 0 Å². The second-order valence-corrected chi connectivity index (χ2v) is 17.4. The molecule has 9 aromatic carbocycles. The van der Waals surface area contributed by atoms with E-state index < -0.39 is 0 Å². The number of pyridine rings is 1. The van der Waals surface area contributed by atoms with Crippen LogP contribution in [0.25, 0.3) is 87.2 Å². The Balaban J connectivity index is 1.17. The van der Waals surface area contributed by atoms with E-state index in [0.29, 0.717) is 0 Å². The van der Waals surface area contributed by atoms with E-state index in [1.807, 2.05) is 6.20 Å². The monoisotopic (exact) mass is 744 g/mol. The van der Waals surface area contributed by atoms with Gasteiger partial charge in [-0.3, -0.25) is 4.98 Å². The third kappa shape index (κ3) is 4.57. The maximum Gasteiger partial charge on any atom is 0.0517 e. The van der Waals surface area contributed by atoms with Crippen LogP contribution in [0, 0.1) is 6.92 Å². The molecule has 2 atom stereocenters. The van der Waals surface area contributed by atoms with Gasteiger partial charge in [0.2, 0.25) is 0 Å². The van der Waals surface area contributed by atoms with Gasteiger partial charge in [0.1, 0.15) is 0 Å². The predicted octanol–water partition coefficient (Wildman–Crippen LogP) is 15.3. The van der Waals surface area contributed by atoms with Gasteiger partial charge >= 0.3 is 0 Å². The molecule has 2 aliphatic rings. The Kier molecular flexibility index (Phi) is 7.10. The van der Waals surface area contributed by atoms with Crippen LogP contribution < -0.4 is 4.90 Å². The fourth-order valence-electron chi connectivity index (χ4n) is 11.5. The van der Waals surface area contributed by atoms with Crippen LogP contribution in [0.5, 0.6) is 0 Å². The fourth-order valence-corrected chi connectivity index (χ4v) is 11.5. The highest BCUT2D eigenvalue weighted by Crippen LogP contribution is 2.61. The van der Waals surface area contributed by atoms with Gasteiger partial charge in [-0.15, -0.1) is 0 Å². The number of rotatable bonds is 4. The Bertz CT molecular complexity index is 3290. The molecule has 0 spiro atoms.